The molecule has 128 valence electrons. The molecule has 23 heavy (non-hydrogen) atoms. The molecular formula is C19H29ClN2O. The lowest BCUT2D eigenvalue weighted by Gasteiger charge is -2.06. The minimum atomic E-state index is -0.00784. The van der Waals surface area contributed by atoms with E-state index < -0.39 is 0 Å². The Morgan fingerprint density at radius 3 is 2.43 bits per heavy atom. The van der Waals surface area contributed by atoms with Crippen LogP contribution in [-0.4, -0.2) is 11.6 Å². The third-order valence-corrected chi connectivity index (χ3v) is 4.05. The van der Waals surface area contributed by atoms with Crippen molar-refractivity contribution in [3.63, 3.8) is 0 Å². The van der Waals surface area contributed by atoms with E-state index in [-0.39, 0.29) is 5.91 Å². The maximum Gasteiger partial charge on any atom is 0.240 e. The van der Waals surface area contributed by atoms with E-state index in [1.165, 1.54) is 32.1 Å². The number of carbonyl (C=O) groups excluding carboxylic acids is 1. The number of hydrogen-bond donors (Lipinski definition) is 1. The van der Waals surface area contributed by atoms with Crippen molar-refractivity contribution >= 4 is 23.2 Å². The maximum atomic E-state index is 11.9. The number of nitrogens with zero attached hydrogens (tertiary/aromatic N) is 1. The molecule has 0 radical (unpaired) electrons. The first-order chi connectivity index (χ1) is 11.2. The average Bonchev–Trinajstić information content (AvgIpc) is 2.54. The van der Waals surface area contributed by atoms with Crippen LogP contribution in [0.5, 0.6) is 0 Å². The van der Waals surface area contributed by atoms with Crippen LogP contribution < -0.4 is 5.43 Å². The van der Waals surface area contributed by atoms with Crippen molar-refractivity contribution in [2.45, 2.75) is 71.6 Å². The first kappa shape index (κ1) is 19.7. The number of hydrogen-bond acceptors (Lipinski definition) is 2. The largest absolute Gasteiger partial charge is 0.273 e. The first-order valence-electron chi connectivity index (χ1n) is 8.78. The van der Waals surface area contributed by atoms with E-state index in [1.54, 1.807) is 0 Å². The highest BCUT2D eigenvalue weighted by molar-refractivity contribution is 6.31. The van der Waals surface area contributed by atoms with E-state index in [2.05, 4.69) is 17.5 Å². The molecule has 0 spiro atoms. The van der Waals surface area contributed by atoms with E-state index in [0.29, 0.717) is 11.4 Å². The van der Waals surface area contributed by atoms with Crippen LogP contribution in [0.2, 0.25) is 5.02 Å². The number of benzene rings is 1. The van der Waals surface area contributed by atoms with Gasteiger partial charge in [-0.3, -0.25) is 4.79 Å². The van der Waals surface area contributed by atoms with Gasteiger partial charge in [-0.15, -0.1) is 0 Å². The summed E-state index contributed by atoms with van der Waals surface area (Å²) in [5, 5.41) is 4.93. The van der Waals surface area contributed by atoms with Crippen molar-refractivity contribution in [1.82, 2.24) is 5.43 Å². The molecule has 0 atom stereocenters. The summed E-state index contributed by atoms with van der Waals surface area (Å²) >= 11 is 6.00. The Kier molecular flexibility index (Phi) is 10.4. The van der Waals surface area contributed by atoms with Gasteiger partial charge in [0.2, 0.25) is 5.91 Å². The van der Waals surface area contributed by atoms with Gasteiger partial charge in [0, 0.05) is 11.4 Å². The molecule has 0 aliphatic carbocycles. The van der Waals surface area contributed by atoms with Crippen LogP contribution in [0.1, 0.15) is 77.2 Å². The van der Waals surface area contributed by atoms with Gasteiger partial charge in [-0.05, 0) is 30.5 Å². The summed E-state index contributed by atoms with van der Waals surface area (Å²) in [6, 6.07) is 7.55. The summed E-state index contributed by atoms with van der Waals surface area (Å²) < 4.78 is 0. The van der Waals surface area contributed by atoms with E-state index in [1.807, 2.05) is 31.2 Å². The molecule has 0 aliphatic heterocycles. The molecule has 4 heteroatoms. The molecule has 0 aromatic heterocycles. The Labute approximate surface area is 145 Å². The number of amides is 1. The fourth-order valence-corrected chi connectivity index (χ4v) is 2.63. The first-order valence-corrected chi connectivity index (χ1v) is 9.16. The smallest absolute Gasteiger partial charge is 0.240 e. The lowest BCUT2D eigenvalue weighted by Crippen LogP contribution is -2.19. The predicted molar refractivity (Wildman–Crippen MR) is 99.0 cm³/mol. The van der Waals surface area contributed by atoms with Crippen molar-refractivity contribution in [2.24, 2.45) is 5.10 Å². The van der Waals surface area contributed by atoms with Crippen LogP contribution in [0.25, 0.3) is 0 Å². The number of unbranched alkanes of at least 4 members (excludes halogenated alkanes) is 6. The summed E-state index contributed by atoms with van der Waals surface area (Å²) in [5.74, 6) is -0.00784. The van der Waals surface area contributed by atoms with E-state index in [4.69, 9.17) is 11.6 Å². The molecule has 0 aliphatic rings. The molecule has 3 nitrogen and oxygen atoms in total. The van der Waals surface area contributed by atoms with Crippen molar-refractivity contribution in [3.8, 4) is 0 Å². The van der Waals surface area contributed by atoms with Gasteiger partial charge >= 0.3 is 0 Å². The third kappa shape index (κ3) is 8.75. The summed E-state index contributed by atoms with van der Waals surface area (Å²) in [6.07, 6.45) is 9.75. The molecule has 1 aromatic carbocycles. The van der Waals surface area contributed by atoms with E-state index in [0.717, 1.165) is 30.5 Å². The Balaban J connectivity index is 2.30. The fraction of sp³-hybridized carbons (Fsp3) is 0.579. The molecule has 1 N–H and O–H groups in total. The zero-order valence-electron chi connectivity index (χ0n) is 14.4. The van der Waals surface area contributed by atoms with E-state index in [9.17, 15) is 4.79 Å². The standard InChI is InChI=1S/C19H29ClN2O/c1-3-5-6-7-8-9-10-14-19(23)22-21-18(4-2)16-12-11-13-17(20)15-16/h11-13,15H,3-10,14H2,1-2H3,(H,22,23). The second kappa shape index (κ2) is 12.1. The van der Waals surface area contributed by atoms with Gasteiger partial charge in [-0.1, -0.05) is 76.1 Å². The van der Waals surface area contributed by atoms with Crippen LogP contribution in [0, 0.1) is 0 Å². The summed E-state index contributed by atoms with van der Waals surface area (Å²) in [4.78, 5) is 11.9. The van der Waals surface area contributed by atoms with Crippen LogP contribution in [-0.2, 0) is 4.79 Å². The zero-order valence-corrected chi connectivity index (χ0v) is 15.2. The predicted octanol–water partition coefficient (Wildman–Crippen LogP) is 5.71. The maximum absolute atomic E-state index is 11.9. The van der Waals surface area contributed by atoms with Gasteiger partial charge in [-0.25, -0.2) is 5.43 Å². The molecule has 0 saturated heterocycles. The minimum absolute atomic E-state index is 0.00784. The third-order valence-electron chi connectivity index (χ3n) is 3.82. The Morgan fingerprint density at radius 1 is 1.09 bits per heavy atom. The number of carbonyl (C=O) groups is 1. The number of hydrazone groups is 1. The van der Waals surface area contributed by atoms with Gasteiger partial charge < -0.3 is 0 Å². The second-order valence-corrected chi connectivity index (χ2v) is 6.27. The molecule has 0 bridgehead atoms. The Morgan fingerprint density at radius 2 is 1.78 bits per heavy atom. The molecule has 0 saturated carbocycles. The minimum Gasteiger partial charge on any atom is -0.273 e. The molecule has 1 amide bonds. The van der Waals surface area contributed by atoms with Gasteiger partial charge in [0.05, 0.1) is 5.71 Å². The zero-order chi connectivity index (χ0) is 16.9. The highest BCUT2D eigenvalue weighted by Gasteiger charge is 2.04. The van der Waals surface area contributed by atoms with Crippen molar-refractivity contribution in [1.29, 1.82) is 0 Å². The van der Waals surface area contributed by atoms with Crippen molar-refractivity contribution in [2.75, 3.05) is 0 Å². The fourth-order valence-electron chi connectivity index (χ4n) is 2.44. The topological polar surface area (TPSA) is 41.5 Å². The summed E-state index contributed by atoms with van der Waals surface area (Å²) in [6.45, 7) is 4.24. The molecular weight excluding hydrogens is 308 g/mol. The molecule has 0 heterocycles. The van der Waals surface area contributed by atoms with Gasteiger partial charge in [0.1, 0.15) is 0 Å². The van der Waals surface area contributed by atoms with Crippen LogP contribution in [0.3, 0.4) is 0 Å². The Bertz CT molecular complexity index is 500. The lowest BCUT2D eigenvalue weighted by molar-refractivity contribution is -0.121. The molecule has 1 rings (SSSR count). The molecule has 0 fully saturated rings. The summed E-state index contributed by atoms with van der Waals surface area (Å²) in [5.41, 5.74) is 4.47. The molecule has 0 unspecified atom stereocenters. The van der Waals surface area contributed by atoms with Gasteiger partial charge in [0.25, 0.3) is 0 Å². The number of nitrogens with one attached hydrogen (secondary N) is 1. The Hall–Kier alpha value is -1.35. The van der Waals surface area contributed by atoms with E-state index >= 15 is 0 Å². The van der Waals surface area contributed by atoms with Gasteiger partial charge in [0.15, 0.2) is 0 Å². The SMILES string of the molecule is CCCCCCCCCC(=O)NN=C(CC)c1cccc(Cl)c1. The quantitative estimate of drug-likeness (QED) is 0.314. The normalized spacial score (nSPS) is 11.5. The summed E-state index contributed by atoms with van der Waals surface area (Å²) in [7, 11) is 0. The van der Waals surface area contributed by atoms with Crippen LogP contribution in [0.4, 0.5) is 0 Å². The average molecular weight is 337 g/mol. The monoisotopic (exact) mass is 336 g/mol. The number of rotatable bonds is 11. The van der Waals surface area contributed by atoms with Crippen molar-refractivity contribution in [3.05, 3.63) is 34.9 Å². The van der Waals surface area contributed by atoms with Crippen LogP contribution in [0.15, 0.2) is 29.4 Å². The van der Waals surface area contributed by atoms with Crippen LogP contribution >= 0.6 is 11.6 Å². The van der Waals surface area contributed by atoms with Crippen molar-refractivity contribution < 1.29 is 4.79 Å². The highest BCUT2D eigenvalue weighted by atomic mass is 35.5. The van der Waals surface area contributed by atoms with Gasteiger partial charge in [-0.2, -0.15) is 5.10 Å². The number of halogens is 1. The lowest BCUT2D eigenvalue weighted by atomic mass is 10.1. The molecule has 1 aromatic rings. The second-order valence-electron chi connectivity index (χ2n) is 5.83. The highest BCUT2D eigenvalue weighted by Crippen LogP contribution is 2.13.